The monoisotopic (exact) mass is 389 g/mol. The fourth-order valence-corrected chi connectivity index (χ4v) is 2.78. The van der Waals surface area contributed by atoms with Crippen LogP contribution in [0.1, 0.15) is 44.4 Å². The first-order chi connectivity index (χ1) is 12.4. The van der Waals surface area contributed by atoms with E-state index in [-0.39, 0.29) is 42.7 Å². The minimum atomic E-state index is -0.328. The molecule has 0 aliphatic heterocycles. The molecular weight excluding hydrogens is 362 g/mol. The highest BCUT2D eigenvalue weighted by atomic mass is 35.5. The van der Waals surface area contributed by atoms with E-state index in [4.69, 9.17) is 5.73 Å². The summed E-state index contributed by atoms with van der Waals surface area (Å²) >= 11 is 0. The molecule has 0 aliphatic rings. The van der Waals surface area contributed by atoms with Gasteiger partial charge in [0.2, 0.25) is 11.8 Å². The lowest BCUT2D eigenvalue weighted by molar-refractivity contribution is -0.131. The molecule has 0 saturated heterocycles. The zero-order chi connectivity index (χ0) is 19.1. The van der Waals surface area contributed by atoms with Gasteiger partial charge in [0.15, 0.2) is 0 Å². The van der Waals surface area contributed by atoms with Crippen molar-refractivity contribution in [3.05, 3.63) is 65.7 Å². The maximum absolute atomic E-state index is 12.2. The molecule has 27 heavy (non-hydrogen) atoms. The van der Waals surface area contributed by atoms with Crippen molar-refractivity contribution >= 4 is 29.9 Å². The Hall–Kier alpha value is -2.37. The van der Waals surface area contributed by atoms with Crippen LogP contribution in [0.3, 0.4) is 0 Å². The van der Waals surface area contributed by atoms with Gasteiger partial charge in [0.25, 0.3) is 0 Å². The minimum Gasteiger partial charge on any atom is -0.336 e. The Morgan fingerprint density at radius 1 is 1.04 bits per heavy atom. The second-order valence-corrected chi connectivity index (χ2v) is 6.71. The summed E-state index contributed by atoms with van der Waals surface area (Å²) in [7, 11) is 0. The van der Waals surface area contributed by atoms with Gasteiger partial charge in [-0.1, -0.05) is 42.5 Å². The number of anilines is 1. The SMILES string of the molecule is CC(=O)N(Cc1ccc(NC(=O)CC(N)c2ccccc2)cc1)C(C)C.Cl. The van der Waals surface area contributed by atoms with Crippen molar-refractivity contribution in [3.8, 4) is 0 Å². The van der Waals surface area contributed by atoms with Crippen LogP contribution in [0, 0.1) is 0 Å². The predicted octanol–water partition coefficient (Wildman–Crippen LogP) is 3.89. The fourth-order valence-electron chi connectivity index (χ4n) is 2.78. The molecule has 5 nitrogen and oxygen atoms in total. The van der Waals surface area contributed by atoms with Crippen LogP contribution in [0.15, 0.2) is 54.6 Å². The zero-order valence-corrected chi connectivity index (χ0v) is 16.8. The smallest absolute Gasteiger partial charge is 0.226 e. The number of nitrogens with one attached hydrogen (secondary N) is 1. The molecule has 0 aromatic heterocycles. The van der Waals surface area contributed by atoms with Crippen LogP contribution in [0.4, 0.5) is 5.69 Å². The Morgan fingerprint density at radius 2 is 1.63 bits per heavy atom. The van der Waals surface area contributed by atoms with Gasteiger partial charge >= 0.3 is 0 Å². The van der Waals surface area contributed by atoms with Gasteiger partial charge in [-0.15, -0.1) is 12.4 Å². The summed E-state index contributed by atoms with van der Waals surface area (Å²) < 4.78 is 0. The molecule has 0 saturated carbocycles. The summed E-state index contributed by atoms with van der Waals surface area (Å²) in [5.74, 6) is -0.0751. The summed E-state index contributed by atoms with van der Waals surface area (Å²) in [6.45, 7) is 6.11. The van der Waals surface area contributed by atoms with E-state index in [9.17, 15) is 9.59 Å². The van der Waals surface area contributed by atoms with E-state index in [0.717, 1.165) is 16.8 Å². The van der Waals surface area contributed by atoms with Crippen molar-refractivity contribution < 1.29 is 9.59 Å². The number of hydrogen-bond donors (Lipinski definition) is 2. The Bertz CT molecular complexity index is 733. The van der Waals surface area contributed by atoms with E-state index in [1.165, 1.54) is 0 Å². The zero-order valence-electron chi connectivity index (χ0n) is 16.0. The van der Waals surface area contributed by atoms with Gasteiger partial charge in [0.1, 0.15) is 0 Å². The Kier molecular flexibility index (Phi) is 8.98. The van der Waals surface area contributed by atoms with Crippen molar-refractivity contribution in [1.82, 2.24) is 4.90 Å². The van der Waals surface area contributed by atoms with Gasteiger partial charge in [0.05, 0.1) is 0 Å². The first kappa shape index (κ1) is 22.7. The first-order valence-corrected chi connectivity index (χ1v) is 8.83. The molecule has 2 rings (SSSR count). The highest BCUT2D eigenvalue weighted by Crippen LogP contribution is 2.16. The number of rotatable bonds is 7. The lowest BCUT2D eigenvalue weighted by atomic mass is 10.0. The van der Waals surface area contributed by atoms with Gasteiger partial charge in [-0.25, -0.2) is 0 Å². The van der Waals surface area contributed by atoms with Gasteiger partial charge in [-0.2, -0.15) is 0 Å². The molecule has 0 spiro atoms. The van der Waals surface area contributed by atoms with Gasteiger partial charge < -0.3 is 16.0 Å². The molecule has 2 aromatic carbocycles. The lowest BCUT2D eigenvalue weighted by Crippen LogP contribution is -2.34. The van der Waals surface area contributed by atoms with E-state index < -0.39 is 0 Å². The third-order valence-corrected chi connectivity index (χ3v) is 4.25. The number of hydrogen-bond acceptors (Lipinski definition) is 3. The summed E-state index contributed by atoms with van der Waals surface area (Å²) in [5, 5.41) is 2.87. The molecule has 0 fully saturated rings. The van der Waals surface area contributed by atoms with Gasteiger partial charge in [-0.05, 0) is 37.1 Å². The number of nitrogens with zero attached hydrogens (tertiary/aromatic N) is 1. The molecule has 0 heterocycles. The van der Waals surface area contributed by atoms with E-state index >= 15 is 0 Å². The van der Waals surface area contributed by atoms with Crippen LogP contribution in [0.2, 0.25) is 0 Å². The standard InChI is InChI=1S/C21H27N3O2.ClH/c1-15(2)24(16(3)25)14-17-9-11-19(12-10-17)23-21(26)13-20(22)18-7-5-4-6-8-18;/h4-12,15,20H,13-14,22H2,1-3H3,(H,23,26);1H. The van der Waals surface area contributed by atoms with Crippen LogP contribution in [-0.4, -0.2) is 22.8 Å². The van der Waals surface area contributed by atoms with Crippen LogP contribution in [0.5, 0.6) is 0 Å². The third-order valence-electron chi connectivity index (χ3n) is 4.25. The summed E-state index contributed by atoms with van der Waals surface area (Å²) in [6.07, 6.45) is 0.219. The predicted molar refractivity (Wildman–Crippen MR) is 112 cm³/mol. The first-order valence-electron chi connectivity index (χ1n) is 8.83. The number of halogens is 1. The number of benzene rings is 2. The number of nitrogens with two attached hydrogens (primary N) is 1. The Morgan fingerprint density at radius 3 is 2.15 bits per heavy atom. The minimum absolute atomic E-state index is 0. The lowest BCUT2D eigenvalue weighted by Gasteiger charge is -2.25. The molecular formula is C21H28ClN3O2. The maximum atomic E-state index is 12.2. The number of carbonyl (C=O) groups is 2. The molecule has 3 N–H and O–H groups in total. The van der Waals surface area contributed by atoms with E-state index in [1.807, 2.05) is 68.4 Å². The molecule has 0 bridgehead atoms. The van der Waals surface area contributed by atoms with E-state index in [0.29, 0.717) is 6.54 Å². The van der Waals surface area contributed by atoms with Crippen LogP contribution in [-0.2, 0) is 16.1 Å². The molecule has 146 valence electrons. The molecule has 0 aliphatic carbocycles. The van der Waals surface area contributed by atoms with Crippen molar-refractivity contribution in [3.63, 3.8) is 0 Å². The molecule has 1 atom stereocenters. The topological polar surface area (TPSA) is 75.4 Å². The second-order valence-electron chi connectivity index (χ2n) is 6.71. The average molecular weight is 390 g/mol. The number of carbonyl (C=O) groups excluding carboxylic acids is 2. The highest BCUT2D eigenvalue weighted by Gasteiger charge is 2.14. The van der Waals surface area contributed by atoms with Gasteiger partial charge in [-0.3, -0.25) is 9.59 Å². The molecule has 2 aromatic rings. The maximum Gasteiger partial charge on any atom is 0.226 e. The molecule has 0 radical (unpaired) electrons. The quantitative estimate of drug-likeness (QED) is 0.754. The van der Waals surface area contributed by atoms with Crippen LogP contribution in [0.25, 0.3) is 0 Å². The molecule has 6 heteroatoms. The van der Waals surface area contributed by atoms with Crippen molar-refractivity contribution in [1.29, 1.82) is 0 Å². The number of amides is 2. The second kappa shape index (κ2) is 10.7. The fraction of sp³-hybridized carbons (Fsp3) is 0.333. The molecule has 2 amide bonds. The summed E-state index contributed by atoms with van der Waals surface area (Å²) in [6, 6.07) is 16.9. The largest absolute Gasteiger partial charge is 0.336 e. The normalized spacial score (nSPS) is 11.4. The van der Waals surface area contributed by atoms with Crippen LogP contribution < -0.4 is 11.1 Å². The third kappa shape index (κ3) is 7.04. The summed E-state index contributed by atoms with van der Waals surface area (Å²) in [5.41, 5.74) is 8.77. The average Bonchev–Trinajstić information content (AvgIpc) is 2.61. The van der Waals surface area contributed by atoms with Crippen LogP contribution >= 0.6 is 12.4 Å². The van der Waals surface area contributed by atoms with E-state index in [1.54, 1.807) is 11.8 Å². The van der Waals surface area contributed by atoms with Crippen molar-refractivity contribution in [2.24, 2.45) is 5.73 Å². The van der Waals surface area contributed by atoms with Crippen molar-refractivity contribution in [2.75, 3.05) is 5.32 Å². The Labute approximate surface area is 167 Å². The molecule has 1 unspecified atom stereocenters. The van der Waals surface area contributed by atoms with Crippen molar-refractivity contribution in [2.45, 2.75) is 45.8 Å². The van der Waals surface area contributed by atoms with E-state index in [2.05, 4.69) is 5.32 Å². The van der Waals surface area contributed by atoms with Gasteiger partial charge in [0, 0.05) is 37.7 Å². The Balaban J connectivity index is 0.00000364. The highest BCUT2D eigenvalue weighted by molar-refractivity contribution is 5.91. The summed E-state index contributed by atoms with van der Waals surface area (Å²) in [4.78, 5) is 25.7.